The molecule has 0 amide bonds. The molecule has 3 rings (SSSR count). The zero-order chi connectivity index (χ0) is 20.6. The van der Waals surface area contributed by atoms with Gasteiger partial charge in [-0.2, -0.15) is 0 Å². The van der Waals surface area contributed by atoms with Crippen molar-refractivity contribution in [1.29, 1.82) is 0 Å². The second-order valence-corrected chi connectivity index (χ2v) is 5.84. The maximum absolute atomic E-state index is 12.1. The molecule has 0 aliphatic rings. The molecule has 0 spiro atoms. The van der Waals surface area contributed by atoms with Gasteiger partial charge >= 0.3 is 11.9 Å². The zero-order valence-electron chi connectivity index (χ0n) is 16.0. The molecular weight excluding hydrogens is 372 g/mol. The van der Waals surface area contributed by atoms with E-state index in [-0.39, 0.29) is 6.61 Å². The molecule has 2 N–H and O–H groups in total. The summed E-state index contributed by atoms with van der Waals surface area (Å²) in [5, 5.41) is 6.19. The number of esters is 2. The third-order valence-corrected chi connectivity index (χ3v) is 3.95. The molecular formula is C21H20N4O4. The van der Waals surface area contributed by atoms with E-state index in [2.05, 4.69) is 20.6 Å². The minimum absolute atomic E-state index is 0.286. The van der Waals surface area contributed by atoms with Gasteiger partial charge in [0.1, 0.15) is 18.0 Å². The average Bonchev–Trinajstić information content (AvgIpc) is 2.74. The van der Waals surface area contributed by atoms with E-state index in [0.29, 0.717) is 34.1 Å². The summed E-state index contributed by atoms with van der Waals surface area (Å²) in [6.07, 6.45) is 1.37. The van der Waals surface area contributed by atoms with Crippen LogP contribution in [0.15, 0.2) is 60.9 Å². The molecule has 0 aliphatic carbocycles. The van der Waals surface area contributed by atoms with E-state index in [1.807, 2.05) is 0 Å². The van der Waals surface area contributed by atoms with Gasteiger partial charge in [0.05, 0.1) is 36.2 Å². The van der Waals surface area contributed by atoms with Crippen molar-refractivity contribution in [2.45, 2.75) is 6.92 Å². The average molecular weight is 392 g/mol. The molecule has 0 aliphatic heterocycles. The van der Waals surface area contributed by atoms with Crippen molar-refractivity contribution >= 4 is 34.9 Å². The number of nitrogens with one attached hydrogen (secondary N) is 2. The van der Waals surface area contributed by atoms with Gasteiger partial charge in [-0.05, 0) is 31.2 Å². The van der Waals surface area contributed by atoms with Crippen molar-refractivity contribution in [3.8, 4) is 0 Å². The number of ether oxygens (including phenoxy) is 2. The third kappa shape index (κ3) is 4.86. The van der Waals surface area contributed by atoms with Crippen LogP contribution in [0.5, 0.6) is 0 Å². The Kier molecular flexibility index (Phi) is 6.36. The maximum atomic E-state index is 12.1. The minimum Gasteiger partial charge on any atom is -0.465 e. The number of para-hydroxylation sites is 2. The molecule has 0 atom stereocenters. The molecule has 0 fully saturated rings. The van der Waals surface area contributed by atoms with E-state index in [4.69, 9.17) is 9.47 Å². The molecule has 8 heteroatoms. The lowest BCUT2D eigenvalue weighted by Gasteiger charge is -2.13. The lowest BCUT2D eigenvalue weighted by atomic mass is 10.1. The maximum Gasteiger partial charge on any atom is 0.340 e. The number of carbonyl (C=O) groups excluding carboxylic acids is 2. The summed E-state index contributed by atoms with van der Waals surface area (Å²) in [4.78, 5) is 32.5. The van der Waals surface area contributed by atoms with Crippen LogP contribution in [0.2, 0.25) is 0 Å². The molecule has 0 radical (unpaired) electrons. The highest BCUT2D eigenvalue weighted by Gasteiger charge is 2.14. The van der Waals surface area contributed by atoms with Crippen LogP contribution in [-0.4, -0.2) is 35.6 Å². The first kappa shape index (κ1) is 19.8. The van der Waals surface area contributed by atoms with Gasteiger partial charge in [-0.25, -0.2) is 19.6 Å². The van der Waals surface area contributed by atoms with Crippen LogP contribution in [0.25, 0.3) is 0 Å². The molecule has 3 aromatic rings. The monoisotopic (exact) mass is 392 g/mol. The Morgan fingerprint density at radius 1 is 0.862 bits per heavy atom. The number of hydrogen-bond donors (Lipinski definition) is 2. The number of nitrogens with zero attached hydrogens (tertiary/aromatic N) is 2. The summed E-state index contributed by atoms with van der Waals surface area (Å²) >= 11 is 0. The zero-order valence-corrected chi connectivity index (χ0v) is 16.0. The highest BCUT2D eigenvalue weighted by molar-refractivity contribution is 5.97. The van der Waals surface area contributed by atoms with Crippen molar-refractivity contribution in [1.82, 2.24) is 9.97 Å². The van der Waals surface area contributed by atoms with Gasteiger partial charge in [-0.3, -0.25) is 0 Å². The number of carbonyl (C=O) groups is 2. The van der Waals surface area contributed by atoms with Crippen molar-refractivity contribution in [2.24, 2.45) is 0 Å². The molecule has 8 nitrogen and oxygen atoms in total. The van der Waals surface area contributed by atoms with Gasteiger partial charge in [0.2, 0.25) is 0 Å². The summed E-state index contributed by atoms with van der Waals surface area (Å²) < 4.78 is 9.89. The van der Waals surface area contributed by atoms with Crippen LogP contribution in [0, 0.1) is 0 Å². The lowest BCUT2D eigenvalue weighted by Crippen LogP contribution is -2.09. The first-order chi connectivity index (χ1) is 14.1. The fourth-order valence-corrected chi connectivity index (χ4v) is 2.63. The molecule has 148 valence electrons. The van der Waals surface area contributed by atoms with Crippen LogP contribution in [-0.2, 0) is 9.47 Å². The van der Waals surface area contributed by atoms with E-state index < -0.39 is 11.9 Å². The van der Waals surface area contributed by atoms with E-state index >= 15 is 0 Å². The fraction of sp³-hybridized carbons (Fsp3) is 0.143. The highest BCUT2D eigenvalue weighted by atomic mass is 16.5. The molecule has 0 unspecified atom stereocenters. The lowest BCUT2D eigenvalue weighted by molar-refractivity contribution is 0.0526. The van der Waals surface area contributed by atoms with Gasteiger partial charge in [-0.1, -0.05) is 24.3 Å². The van der Waals surface area contributed by atoms with E-state index in [1.54, 1.807) is 61.5 Å². The third-order valence-electron chi connectivity index (χ3n) is 3.95. The number of aromatic nitrogens is 2. The SMILES string of the molecule is CCOC(=O)c1ccccc1Nc1cc(Nc2ccccc2C(=O)OC)ncn1. The second-order valence-electron chi connectivity index (χ2n) is 5.84. The predicted octanol–water partition coefficient (Wildman–Crippen LogP) is 3.93. The quantitative estimate of drug-likeness (QED) is 0.583. The first-order valence-corrected chi connectivity index (χ1v) is 8.92. The smallest absolute Gasteiger partial charge is 0.340 e. The van der Waals surface area contributed by atoms with Gasteiger partial charge in [0.25, 0.3) is 0 Å². The van der Waals surface area contributed by atoms with Crippen LogP contribution < -0.4 is 10.6 Å². The molecule has 2 aromatic carbocycles. The number of methoxy groups -OCH3 is 1. The van der Waals surface area contributed by atoms with Gasteiger partial charge < -0.3 is 20.1 Å². The standard InChI is InChI=1S/C21H20N4O4/c1-3-29-21(27)15-9-5-7-11-17(15)25-19-12-18(22-13-23-19)24-16-10-6-4-8-14(16)20(26)28-2/h4-13H,3H2,1-2H3,(H2,22,23,24,25). The van der Waals surface area contributed by atoms with Gasteiger partial charge in [-0.15, -0.1) is 0 Å². The topological polar surface area (TPSA) is 102 Å². The fourth-order valence-electron chi connectivity index (χ4n) is 2.63. The summed E-state index contributed by atoms with van der Waals surface area (Å²) in [7, 11) is 1.33. The Labute approximate surface area is 167 Å². The molecule has 0 bridgehead atoms. The largest absolute Gasteiger partial charge is 0.465 e. The predicted molar refractivity (Wildman–Crippen MR) is 109 cm³/mol. The van der Waals surface area contributed by atoms with Crippen molar-refractivity contribution in [3.05, 3.63) is 72.1 Å². The van der Waals surface area contributed by atoms with E-state index in [0.717, 1.165) is 0 Å². The Morgan fingerprint density at radius 2 is 1.38 bits per heavy atom. The minimum atomic E-state index is -0.455. The number of benzene rings is 2. The summed E-state index contributed by atoms with van der Waals surface area (Å²) in [5.74, 6) is 0.0566. The number of anilines is 4. The Hall–Kier alpha value is -3.94. The first-order valence-electron chi connectivity index (χ1n) is 8.92. The van der Waals surface area contributed by atoms with Crippen LogP contribution in [0.4, 0.5) is 23.0 Å². The van der Waals surface area contributed by atoms with Crippen molar-refractivity contribution < 1.29 is 19.1 Å². The normalized spacial score (nSPS) is 10.1. The van der Waals surface area contributed by atoms with Crippen molar-refractivity contribution in [3.63, 3.8) is 0 Å². The van der Waals surface area contributed by atoms with Gasteiger partial charge in [0, 0.05) is 6.07 Å². The van der Waals surface area contributed by atoms with E-state index in [9.17, 15) is 9.59 Å². The van der Waals surface area contributed by atoms with Crippen molar-refractivity contribution in [2.75, 3.05) is 24.4 Å². The van der Waals surface area contributed by atoms with Crippen LogP contribution >= 0.6 is 0 Å². The molecule has 0 saturated carbocycles. The number of hydrogen-bond acceptors (Lipinski definition) is 8. The summed E-state index contributed by atoms with van der Waals surface area (Å²) in [6, 6.07) is 15.6. The summed E-state index contributed by atoms with van der Waals surface area (Å²) in [5.41, 5.74) is 1.90. The van der Waals surface area contributed by atoms with Crippen LogP contribution in [0.1, 0.15) is 27.6 Å². The Bertz CT molecular complexity index is 1020. The van der Waals surface area contributed by atoms with E-state index in [1.165, 1.54) is 13.4 Å². The molecule has 0 saturated heterocycles. The molecule has 29 heavy (non-hydrogen) atoms. The molecule has 1 heterocycles. The number of rotatable bonds is 7. The highest BCUT2D eigenvalue weighted by Crippen LogP contribution is 2.24. The summed E-state index contributed by atoms with van der Waals surface area (Å²) in [6.45, 7) is 2.04. The Morgan fingerprint density at radius 3 is 1.90 bits per heavy atom. The Balaban J connectivity index is 1.84. The second kappa shape index (κ2) is 9.32. The molecule has 1 aromatic heterocycles. The van der Waals surface area contributed by atoms with Crippen LogP contribution in [0.3, 0.4) is 0 Å². The van der Waals surface area contributed by atoms with Gasteiger partial charge in [0.15, 0.2) is 0 Å².